The average Bonchev–Trinajstić information content (AvgIpc) is 2.88. The van der Waals surface area contributed by atoms with E-state index in [0.717, 1.165) is 55.2 Å². The van der Waals surface area contributed by atoms with E-state index in [0.29, 0.717) is 17.1 Å². The summed E-state index contributed by atoms with van der Waals surface area (Å²) in [6.07, 6.45) is 1.80. The summed E-state index contributed by atoms with van der Waals surface area (Å²) in [5, 5.41) is 9.04. The number of aryl methyl sites for hydroxylation is 1. The topological polar surface area (TPSA) is 96.8 Å². The molecule has 3 aromatic rings. The highest BCUT2D eigenvalue weighted by Gasteiger charge is 2.19. The van der Waals surface area contributed by atoms with Crippen LogP contribution in [-0.4, -0.2) is 59.4 Å². The van der Waals surface area contributed by atoms with Gasteiger partial charge in [0.2, 0.25) is 0 Å². The largest absolute Gasteiger partial charge is 0.494 e. The zero-order chi connectivity index (χ0) is 23.9. The normalized spacial score (nSPS) is 13.6. The molecule has 1 aliphatic heterocycles. The number of amides is 1. The van der Waals surface area contributed by atoms with Gasteiger partial charge in [-0.15, -0.1) is 0 Å². The lowest BCUT2D eigenvalue weighted by atomic mass is 10.0. The second-order valence-corrected chi connectivity index (χ2v) is 7.89. The van der Waals surface area contributed by atoms with E-state index in [4.69, 9.17) is 14.7 Å². The number of pyridine rings is 2. The number of carbonyl (C=O) groups excluding carboxylic acids is 1. The number of rotatable bonds is 5. The Morgan fingerprint density at radius 2 is 1.85 bits per heavy atom. The number of carbonyl (C=O) groups is 1. The lowest BCUT2D eigenvalue weighted by Crippen LogP contribution is -2.35. The van der Waals surface area contributed by atoms with Gasteiger partial charge in [-0.25, -0.2) is 10.5 Å². The summed E-state index contributed by atoms with van der Waals surface area (Å²) < 4.78 is 10.8. The van der Waals surface area contributed by atoms with Crippen LogP contribution in [0.1, 0.15) is 32.9 Å². The zero-order valence-corrected chi connectivity index (χ0v) is 19.2. The van der Waals surface area contributed by atoms with Crippen LogP contribution in [0, 0.1) is 18.8 Å². The molecule has 4 rings (SSSR count). The number of ether oxygens (including phenoxy) is 2. The molecule has 34 heavy (non-hydrogen) atoms. The molecular formula is C26H26N4O4. The monoisotopic (exact) mass is 458 g/mol. The molecule has 174 valence electrons. The van der Waals surface area contributed by atoms with Crippen LogP contribution in [0.5, 0.6) is 5.75 Å². The lowest BCUT2D eigenvalue weighted by molar-refractivity contribution is 0.0336. The summed E-state index contributed by atoms with van der Waals surface area (Å²) >= 11 is 0. The fourth-order valence-electron chi connectivity index (χ4n) is 3.73. The first-order chi connectivity index (χ1) is 16.6. The molecule has 1 fully saturated rings. The minimum absolute atomic E-state index is 0.209. The Kier molecular flexibility index (Phi) is 7.50. The van der Waals surface area contributed by atoms with Gasteiger partial charge in [-0.2, -0.15) is 0 Å². The quantitative estimate of drug-likeness (QED) is 0.345. The SMILES string of the molecule is COc1c(C(=O)NO)cc(C)nc1-c1ccc(C#Cc2ccc(CN3CCOCC3)nc2)cc1. The van der Waals surface area contributed by atoms with Gasteiger partial charge < -0.3 is 9.47 Å². The van der Waals surface area contributed by atoms with Crippen LogP contribution in [0.25, 0.3) is 11.3 Å². The minimum Gasteiger partial charge on any atom is -0.494 e. The zero-order valence-electron chi connectivity index (χ0n) is 19.2. The number of morpholine rings is 1. The molecule has 1 aromatic carbocycles. The number of nitrogens with one attached hydrogen (secondary N) is 1. The molecular weight excluding hydrogens is 432 g/mol. The van der Waals surface area contributed by atoms with Gasteiger partial charge in [-0.1, -0.05) is 24.0 Å². The number of benzene rings is 1. The lowest BCUT2D eigenvalue weighted by Gasteiger charge is -2.26. The van der Waals surface area contributed by atoms with Crippen molar-refractivity contribution in [2.45, 2.75) is 13.5 Å². The predicted octanol–water partition coefficient (Wildman–Crippen LogP) is 2.81. The molecule has 1 aliphatic rings. The maximum absolute atomic E-state index is 12.0. The second kappa shape index (κ2) is 10.9. The molecule has 0 aliphatic carbocycles. The Bertz CT molecular complexity index is 1210. The molecule has 3 heterocycles. The van der Waals surface area contributed by atoms with Gasteiger partial charge in [0.25, 0.3) is 5.91 Å². The summed E-state index contributed by atoms with van der Waals surface area (Å²) in [6, 6.07) is 13.1. The van der Waals surface area contributed by atoms with Gasteiger partial charge >= 0.3 is 0 Å². The molecule has 1 amide bonds. The number of hydrogen-bond acceptors (Lipinski definition) is 7. The van der Waals surface area contributed by atoms with Crippen LogP contribution in [0.3, 0.4) is 0 Å². The predicted molar refractivity (Wildman–Crippen MR) is 127 cm³/mol. The first kappa shape index (κ1) is 23.4. The van der Waals surface area contributed by atoms with Crippen LogP contribution in [-0.2, 0) is 11.3 Å². The summed E-state index contributed by atoms with van der Waals surface area (Å²) in [4.78, 5) is 23.4. The Morgan fingerprint density at radius 3 is 2.50 bits per heavy atom. The second-order valence-electron chi connectivity index (χ2n) is 7.89. The van der Waals surface area contributed by atoms with Crippen molar-refractivity contribution < 1.29 is 19.5 Å². The van der Waals surface area contributed by atoms with E-state index >= 15 is 0 Å². The third kappa shape index (κ3) is 5.58. The molecule has 0 spiro atoms. The summed E-state index contributed by atoms with van der Waals surface area (Å²) in [6.45, 7) is 5.99. The van der Waals surface area contributed by atoms with Gasteiger partial charge in [0.15, 0.2) is 5.75 Å². The molecule has 0 saturated carbocycles. The Labute approximate surface area is 198 Å². The van der Waals surface area contributed by atoms with Crippen molar-refractivity contribution in [3.05, 3.63) is 76.7 Å². The fourth-order valence-corrected chi connectivity index (χ4v) is 3.73. The summed E-state index contributed by atoms with van der Waals surface area (Å²) in [5.41, 5.74) is 6.47. The number of nitrogens with zero attached hydrogens (tertiary/aromatic N) is 3. The molecule has 2 aromatic heterocycles. The van der Waals surface area contributed by atoms with E-state index in [9.17, 15) is 4.79 Å². The highest BCUT2D eigenvalue weighted by atomic mass is 16.5. The maximum Gasteiger partial charge on any atom is 0.278 e. The smallest absolute Gasteiger partial charge is 0.278 e. The Balaban J connectivity index is 1.49. The van der Waals surface area contributed by atoms with E-state index in [-0.39, 0.29) is 5.56 Å². The van der Waals surface area contributed by atoms with E-state index in [1.807, 2.05) is 36.4 Å². The van der Waals surface area contributed by atoms with Gasteiger partial charge in [0, 0.05) is 48.2 Å². The van der Waals surface area contributed by atoms with Crippen LogP contribution >= 0.6 is 0 Å². The van der Waals surface area contributed by atoms with E-state index in [1.165, 1.54) is 7.11 Å². The molecule has 1 saturated heterocycles. The number of methoxy groups -OCH3 is 1. The van der Waals surface area contributed by atoms with Crippen molar-refractivity contribution in [2.75, 3.05) is 33.4 Å². The standard InChI is InChI=1S/C26H26N4O4/c1-18-15-23(26(31)29-32)25(33-2)24(28-18)21-8-5-19(6-9-21)3-4-20-7-10-22(27-16-20)17-30-11-13-34-14-12-30/h5-10,15-16,32H,11-14,17H2,1-2H3,(H,29,31). The number of hydroxylamine groups is 1. The van der Waals surface area contributed by atoms with Gasteiger partial charge in [0.05, 0.1) is 31.6 Å². The van der Waals surface area contributed by atoms with Crippen molar-refractivity contribution in [2.24, 2.45) is 0 Å². The van der Waals surface area contributed by atoms with Crippen molar-refractivity contribution in [3.8, 4) is 28.8 Å². The summed E-state index contributed by atoms with van der Waals surface area (Å²) in [7, 11) is 1.46. The average molecular weight is 459 g/mol. The van der Waals surface area contributed by atoms with Crippen molar-refractivity contribution in [1.82, 2.24) is 20.3 Å². The molecule has 0 unspecified atom stereocenters. The Hall–Kier alpha value is -3.77. The number of aromatic nitrogens is 2. The first-order valence-corrected chi connectivity index (χ1v) is 10.9. The van der Waals surface area contributed by atoms with Crippen LogP contribution in [0.2, 0.25) is 0 Å². The third-order valence-corrected chi connectivity index (χ3v) is 5.47. The van der Waals surface area contributed by atoms with Gasteiger partial charge in [-0.05, 0) is 37.3 Å². The molecule has 8 heteroatoms. The Morgan fingerprint density at radius 1 is 1.15 bits per heavy atom. The highest BCUT2D eigenvalue weighted by Crippen LogP contribution is 2.32. The molecule has 2 N–H and O–H groups in total. The summed E-state index contributed by atoms with van der Waals surface area (Å²) in [5.74, 6) is 5.93. The van der Waals surface area contributed by atoms with Crippen LogP contribution in [0.15, 0.2) is 48.7 Å². The van der Waals surface area contributed by atoms with Crippen LogP contribution < -0.4 is 10.2 Å². The van der Waals surface area contributed by atoms with Gasteiger partial charge in [0.1, 0.15) is 5.69 Å². The molecule has 8 nitrogen and oxygen atoms in total. The van der Waals surface area contributed by atoms with Gasteiger partial charge in [-0.3, -0.25) is 19.9 Å². The fraction of sp³-hybridized carbons (Fsp3) is 0.269. The molecule has 0 bridgehead atoms. The molecule has 0 radical (unpaired) electrons. The third-order valence-electron chi connectivity index (χ3n) is 5.47. The van der Waals surface area contributed by atoms with Crippen molar-refractivity contribution in [1.29, 1.82) is 0 Å². The maximum atomic E-state index is 12.0. The van der Waals surface area contributed by atoms with Crippen molar-refractivity contribution in [3.63, 3.8) is 0 Å². The number of hydrogen-bond donors (Lipinski definition) is 2. The van der Waals surface area contributed by atoms with Crippen LogP contribution in [0.4, 0.5) is 0 Å². The van der Waals surface area contributed by atoms with E-state index in [2.05, 4.69) is 26.7 Å². The van der Waals surface area contributed by atoms with Crippen molar-refractivity contribution >= 4 is 5.91 Å². The van der Waals surface area contributed by atoms with E-state index in [1.54, 1.807) is 24.7 Å². The van der Waals surface area contributed by atoms with E-state index < -0.39 is 5.91 Å². The molecule has 0 atom stereocenters. The minimum atomic E-state index is -0.657. The first-order valence-electron chi connectivity index (χ1n) is 10.9. The highest BCUT2D eigenvalue weighted by molar-refractivity contribution is 5.98.